The van der Waals surface area contributed by atoms with Crippen molar-refractivity contribution < 1.29 is 23.1 Å². The molecule has 0 unspecified atom stereocenters. The van der Waals surface area contributed by atoms with Gasteiger partial charge in [0.25, 0.3) is 5.91 Å². The summed E-state index contributed by atoms with van der Waals surface area (Å²) in [5.41, 5.74) is 0.927. The first-order valence-corrected chi connectivity index (χ1v) is 13.5. The lowest BCUT2D eigenvalue weighted by atomic mass is 9.90. The molecule has 0 radical (unpaired) electrons. The number of pyridine rings is 1. The Kier molecular flexibility index (Phi) is 8.38. The second-order valence-electron chi connectivity index (χ2n) is 9.35. The summed E-state index contributed by atoms with van der Waals surface area (Å²) < 4.78 is 31.3. The fraction of sp³-hybridized carbons (Fsp3) is 0.667. The van der Waals surface area contributed by atoms with Crippen LogP contribution in [-0.4, -0.2) is 78.8 Å². The molecule has 3 rings (SSSR count). The first kappa shape index (κ1) is 25.5. The molecule has 2 aliphatic rings. The number of amides is 1. The van der Waals surface area contributed by atoms with Crippen molar-refractivity contribution in [1.82, 2.24) is 14.2 Å². The average Bonchev–Trinajstić information content (AvgIpc) is 2.79. The monoisotopic (exact) mass is 477 g/mol. The highest BCUT2D eigenvalue weighted by molar-refractivity contribution is 7.88. The minimum atomic E-state index is -3.40. The molecule has 1 aliphatic carbocycles. The molecule has 1 aromatic rings. The third kappa shape index (κ3) is 6.46. The lowest BCUT2D eigenvalue weighted by molar-refractivity contribution is 0.0373. The van der Waals surface area contributed by atoms with Gasteiger partial charge in [0.1, 0.15) is 11.7 Å². The highest BCUT2D eigenvalue weighted by atomic mass is 32.2. The van der Waals surface area contributed by atoms with Gasteiger partial charge >= 0.3 is 0 Å². The van der Waals surface area contributed by atoms with Crippen molar-refractivity contribution in [2.24, 2.45) is 11.8 Å². The smallest absolute Gasteiger partial charge is 0.259 e. The fourth-order valence-corrected chi connectivity index (χ4v) is 4.63. The Balaban J connectivity index is 1.96. The standard InChI is InChI=1S/C24H35N3O5S/c1-17-14-27(18(2)16-28)24(29)21-12-20(11-10-19-8-6-5-7-9-19)13-25-23(21)32-22(17)15-26(3)33(4,30)31/h12-13,17-19,22,28H,5-9,14-16H2,1-4H3/t17-,18-,22-/m0/s1. The summed E-state index contributed by atoms with van der Waals surface area (Å²) in [7, 11) is -1.90. The van der Waals surface area contributed by atoms with Crippen LogP contribution in [0.4, 0.5) is 0 Å². The Morgan fingerprint density at radius 3 is 2.67 bits per heavy atom. The summed E-state index contributed by atoms with van der Waals surface area (Å²) >= 11 is 0. The van der Waals surface area contributed by atoms with Crippen LogP contribution >= 0.6 is 0 Å². The zero-order chi connectivity index (χ0) is 24.2. The fourth-order valence-electron chi connectivity index (χ4n) is 4.21. The predicted octanol–water partition coefficient (Wildman–Crippen LogP) is 2.12. The lowest BCUT2D eigenvalue weighted by Crippen LogP contribution is -2.50. The summed E-state index contributed by atoms with van der Waals surface area (Å²) in [5.74, 6) is 6.57. The molecule has 8 nitrogen and oxygen atoms in total. The van der Waals surface area contributed by atoms with Gasteiger partial charge in [-0.25, -0.2) is 17.7 Å². The number of rotatable bonds is 5. The molecule has 3 atom stereocenters. The number of sulfonamides is 1. The number of hydrogen-bond acceptors (Lipinski definition) is 6. The van der Waals surface area contributed by atoms with Crippen LogP contribution < -0.4 is 4.74 Å². The molecule has 182 valence electrons. The van der Waals surface area contributed by atoms with Crippen LogP contribution in [0, 0.1) is 23.7 Å². The van der Waals surface area contributed by atoms with Crippen molar-refractivity contribution in [2.45, 2.75) is 58.1 Å². The second-order valence-corrected chi connectivity index (χ2v) is 11.4. The van der Waals surface area contributed by atoms with Gasteiger partial charge in [0.05, 0.1) is 25.4 Å². The van der Waals surface area contributed by atoms with E-state index in [0.717, 1.165) is 19.1 Å². The molecular formula is C24H35N3O5S. The van der Waals surface area contributed by atoms with Gasteiger partial charge in [0, 0.05) is 37.2 Å². The van der Waals surface area contributed by atoms with Crippen molar-refractivity contribution in [3.63, 3.8) is 0 Å². The highest BCUT2D eigenvalue weighted by Gasteiger charge is 2.35. The molecule has 9 heteroatoms. The normalized spacial score (nSPS) is 23.1. The van der Waals surface area contributed by atoms with Crippen LogP contribution in [0.2, 0.25) is 0 Å². The number of aliphatic hydroxyl groups excluding tert-OH is 1. The van der Waals surface area contributed by atoms with Gasteiger partial charge in [-0.15, -0.1) is 0 Å². The van der Waals surface area contributed by atoms with Crippen LogP contribution in [0.15, 0.2) is 12.3 Å². The number of fused-ring (bicyclic) bond motifs is 1. The number of ether oxygens (including phenoxy) is 1. The van der Waals surface area contributed by atoms with E-state index in [1.165, 1.54) is 30.6 Å². The predicted molar refractivity (Wildman–Crippen MR) is 126 cm³/mol. The van der Waals surface area contributed by atoms with E-state index in [0.29, 0.717) is 18.0 Å². The van der Waals surface area contributed by atoms with E-state index in [2.05, 4.69) is 16.8 Å². The van der Waals surface area contributed by atoms with Gasteiger partial charge in [-0.3, -0.25) is 4.79 Å². The van der Waals surface area contributed by atoms with Gasteiger partial charge in [0.2, 0.25) is 15.9 Å². The van der Waals surface area contributed by atoms with Crippen LogP contribution in [-0.2, 0) is 10.0 Å². The number of likely N-dealkylation sites (N-methyl/N-ethyl adjacent to an activating group) is 1. The number of aliphatic hydroxyl groups is 1. The molecule has 1 N–H and O–H groups in total. The summed E-state index contributed by atoms with van der Waals surface area (Å²) in [6, 6.07) is 1.29. The van der Waals surface area contributed by atoms with E-state index in [9.17, 15) is 18.3 Å². The number of aromatic nitrogens is 1. The third-order valence-corrected chi connectivity index (χ3v) is 7.83. The summed E-state index contributed by atoms with van der Waals surface area (Å²) in [5, 5.41) is 9.75. The lowest BCUT2D eigenvalue weighted by Gasteiger charge is -2.37. The van der Waals surface area contributed by atoms with Crippen molar-refractivity contribution in [3.05, 3.63) is 23.4 Å². The van der Waals surface area contributed by atoms with Crippen LogP contribution in [0.25, 0.3) is 0 Å². The topological polar surface area (TPSA) is 100 Å². The largest absolute Gasteiger partial charge is 0.472 e. The quantitative estimate of drug-likeness (QED) is 0.652. The molecule has 1 aliphatic heterocycles. The van der Waals surface area contributed by atoms with Gasteiger partial charge in [-0.2, -0.15) is 0 Å². The zero-order valence-electron chi connectivity index (χ0n) is 20.0. The maximum Gasteiger partial charge on any atom is 0.259 e. The zero-order valence-corrected chi connectivity index (χ0v) is 20.8. The first-order valence-electron chi connectivity index (χ1n) is 11.6. The number of hydrogen-bond donors (Lipinski definition) is 1. The molecule has 1 amide bonds. The Hall–Kier alpha value is -2.15. The molecule has 0 spiro atoms. The van der Waals surface area contributed by atoms with E-state index < -0.39 is 22.2 Å². The second kappa shape index (κ2) is 10.9. The van der Waals surface area contributed by atoms with Crippen molar-refractivity contribution in [2.75, 3.05) is 33.0 Å². The minimum Gasteiger partial charge on any atom is -0.472 e. The average molecular weight is 478 g/mol. The molecule has 1 aromatic heterocycles. The maximum atomic E-state index is 13.4. The van der Waals surface area contributed by atoms with E-state index in [1.54, 1.807) is 24.1 Å². The van der Waals surface area contributed by atoms with Gasteiger partial charge in [-0.05, 0) is 25.8 Å². The number of nitrogens with zero attached hydrogens (tertiary/aromatic N) is 3. The summed E-state index contributed by atoms with van der Waals surface area (Å²) in [6.07, 6.45) is 8.09. The van der Waals surface area contributed by atoms with Gasteiger partial charge in [0.15, 0.2) is 0 Å². The van der Waals surface area contributed by atoms with Crippen molar-refractivity contribution in [3.8, 4) is 17.7 Å². The van der Waals surface area contributed by atoms with Crippen LogP contribution in [0.1, 0.15) is 61.9 Å². The van der Waals surface area contributed by atoms with Crippen LogP contribution in [0.3, 0.4) is 0 Å². The molecular weight excluding hydrogens is 442 g/mol. The molecule has 0 aromatic carbocycles. The minimum absolute atomic E-state index is 0.125. The van der Waals surface area contributed by atoms with Gasteiger partial charge < -0.3 is 14.7 Å². The Labute approximate surface area is 197 Å². The number of carbonyl (C=O) groups excluding carboxylic acids is 1. The van der Waals surface area contributed by atoms with E-state index in [1.807, 2.05) is 6.92 Å². The Morgan fingerprint density at radius 2 is 2.03 bits per heavy atom. The summed E-state index contributed by atoms with van der Waals surface area (Å²) in [6.45, 7) is 3.95. The molecule has 0 bridgehead atoms. The highest BCUT2D eigenvalue weighted by Crippen LogP contribution is 2.28. The molecule has 0 saturated heterocycles. The molecule has 1 fully saturated rings. The number of carbonyl (C=O) groups is 1. The van der Waals surface area contributed by atoms with Gasteiger partial charge in [-0.1, -0.05) is 38.0 Å². The summed E-state index contributed by atoms with van der Waals surface area (Å²) in [4.78, 5) is 19.4. The van der Waals surface area contributed by atoms with E-state index in [4.69, 9.17) is 4.74 Å². The third-order valence-electron chi connectivity index (χ3n) is 6.55. The molecule has 1 saturated carbocycles. The molecule has 2 heterocycles. The van der Waals surface area contributed by atoms with Crippen molar-refractivity contribution in [1.29, 1.82) is 0 Å². The maximum absolute atomic E-state index is 13.4. The SMILES string of the molecule is C[C@H]1CN([C@@H](C)CO)C(=O)c2cc(C#CC3CCCCC3)cnc2O[C@H]1CN(C)S(C)(=O)=O. The Morgan fingerprint density at radius 1 is 1.33 bits per heavy atom. The Bertz CT molecular complexity index is 1010. The van der Waals surface area contributed by atoms with Crippen molar-refractivity contribution >= 4 is 15.9 Å². The van der Waals surface area contributed by atoms with Crippen LogP contribution in [0.5, 0.6) is 5.88 Å². The van der Waals surface area contributed by atoms with E-state index in [-0.39, 0.29) is 36.4 Å². The molecule has 33 heavy (non-hydrogen) atoms. The first-order chi connectivity index (χ1) is 15.6. The van der Waals surface area contributed by atoms with E-state index >= 15 is 0 Å².